The van der Waals surface area contributed by atoms with E-state index in [4.69, 9.17) is 5.11 Å². The molecule has 0 aliphatic rings. The minimum absolute atomic E-state index is 0. The Morgan fingerprint density at radius 2 is 1.82 bits per heavy atom. The number of carboxylic acid groups (broad SMARTS) is 1. The summed E-state index contributed by atoms with van der Waals surface area (Å²) in [7, 11) is 0. The zero-order chi connectivity index (χ0) is 11.8. The Kier molecular flexibility index (Phi) is 9.18. The van der Waals surface area contributed by atoms with Gasteiger partial charge in [0.15, 0.2) is 0 Å². The van der Waals surface area contributed by atoms with Crippen LogP contribution in [0.25, 0.3) is 0 Å². The molecule has 0 aliphatic heterocycles. The van der Waals surface area contributed by atoms with Gasteiger partial charge in [0.1, 0.15) is 11.5 Å². The molecule has 1 N–H and O–H groups in total. The van der Waals surface area contributed by atoms with Gasteiger partial charge in [-0.2, -0.15) is 0 Å². The van der Waals surface area contributed by atoms with Gasteiger partial charge in [0.05, 0.1) is 0 Å². The number of unbranched alkanes of at least 4 members (excludes halogenated alkanes) is 2. The Bertz CT molecular complexity index is 380. The second kappa shape index (κ2) is 9.49. The smallest absolute Gasteiger partial charge is 0.342 e. The summed E-state index contributed by atoms with van der Waals surface area (Å²) in [6.45, 7) is 0.931. The van der Waals surface area contributed by atoms with Gasteiger partial charge in [0.25, 0.3) is 0 Å². The molecular formula is C12H15CaNO3. The molecule has 0 unspecified atom stereocenters. The summed E-state index contributed by atoms with van der Waals surface area (Å²) >= 11 is 0. The van der Waals surface area contributed by atoms with E-state index in [1.165, 1.54) is 5.94 Å². The van der Waals surface area contributed by atoms with Gasteiger partial charge in [-0.25, -0.2) is 9.59 Å². The Morgan fingerprint density at radius 1 is 1.18 bits per heavy atom. The van der Waals surface area contributed by atoms with Crippen LogP contribution in [0.15, 0.2) is 30.1 Å². The van der Waals surface area contributed by atoms with E-state index in [9.17, 15) is 9.59 Å². The molecule has 0 fully saturated rings. The molecule has 2 radical (unpaired) electrons. The predicted molar refractivity (Wildman–Crippen MR) is 65.5 cm³/mol. The summed E-state index contributed by atoms with van der Waals surface area (Å²) in [6, 6.07) is 3.94. The minimum Gasteiger partial charge on any atom is -0.477 e. The number of carbonyl (C=O) groups excluding carboxylic acids is 1. The van der Waals surface area contributed by atoms with Crippen LogP contribution >= 0.6 is 0 Å². The fraction of sp³-hybridized carbons (Fsp3) is 0.417. The fourth-order valence-electron chi connectivity index (χ4n) is 1.49. The first-order valence-electron chi connectivity index (χ1n) is 5.32. The number of aliphatic carboxylic acids is 1. The maximum atomic E-state index is 10.5. The van der Waals surface area contributed by atoms with E-state index in [2.05, 4.69) is 4.57 Å². The molecule has 0 bridgehead atoms. The van der Waals surface area contributed by atoms with Gasteiger partial charge in [-0.05, 0) is 31.4 Å². The average molecular weight is 261 g/mol. The number of hydrogen-bond acceptors (Lipinski definition) is 2. The molecule has 0 aromatic carbocycles. The van der Waals surface area contributed by atoms with Crippen LogP contribution in [0.4, 0.5) is 0 Å². The number of aromatic nitrogens is 1. The molecule has 1 aromatic rings. The third-order valence-electron chi connectivity index (χ3n) is 2.39. The summed E-state index contributed by atoms with van der Waals surface area (Å²) in [5, 5.41) is 8.58. The molecular weight excluding hydrogens is 246 g/mol. The summed E-state index contributed by atoms with van der Waals surface area (Å²) in [5.74, 6) is 0.315. The van der Waals surface area contributed by atoms with Crippen molar-refractivity contribution in [3.05, 3.63) is 30.1 Å². The molecule has 88 valence electrons. The van der Waals surface area contributed by atoms with E-state index in [1.807, 2.05) is 24.5 Å². The maximum Gasteiger partial charge on any atom is 0.342 e. The quantitative estimate of drug-likeness (QED) is 0.350. The van der Waals surface area contributed by atoms with Crippen LogP contribution in [-0.2, 0) is 16.1 Å². The number of hydrogen-bond donors (Lipinski definition) is 1. The molecule has 1 rings (SSSR count). The van der Waals surface area contributed by atoms with Gasteiger partial charge < -0.3 is 9.67 Å². The van der Waals surface area contributed by atoms with Crippen molar-refractivity contribution in [2.24, 2.45) is 0 Å². The standard InChI is InChI=1S/C12H15NO3.Ca/c14-10-11(12(15)16)6-2-1-3-7-13-8-4-5-9-13;/h4-5,8-9H,1-3,6-7H2,(H,15,16);. The van der Waals surface area contributed by atoms with Crippen LogP contribution in [0.1, 0.15) is 25.7 Å². The van der Waals surface area contributed by atoms with Crippen molar-refractivity contribution in [2.45, 2.75) is 32.2 Å². The molecule has 1 aromatic heterocycles. The van der Waals surface area contributed by atoms with Crippen molar-refractivity contribution in [3.8, 4) is 0 Å². The Labute approximate surface area is 130 Å². The number of carbonyl (C=O) groups is 1. The minimum atomic E-state index is -1.15. The van der Waals surface area contributed by atoms with Crippen LogP contribution < -0.4 is 0 Å². The fourth-order valence-corrected chi connectivity index (χ4v) is 1.49. The van der Waals surface area contributed by atoms with Gasteiger partial charge in [0, 0.05) is 56.7 Å². The van der Waals surface area contributed by atoms with E-state index >= 15 is 0 Å². The molecule has 0 amide bonds. The molecule has 17 heavy (non-hydrogen) atoms. The topological polar surface area (TPSA) is 59.3 Å². The first-order valence-corrected chi connectivity index (χ1v) is 5.32. The first-order chi connectivity index (χ1) is 7.74. The van der Waals surface area contributed by atoms with Gasteiger partial charge in [-0.3, -0.25) is 0 Å². The van der Waals surface area contributed by atoms with Crippen LogP contribution in [0.5, 0.6) is 0 Å². The molecule has 0 saturated heterocycles. The van der Waals surface area contributed by atoms with Crippen molar-refractivity contribution in [2.75, 3.05) is 0 Å². The molecule has 4 nitrogen and oxygen atoms in total. The van der Waals surface area contributed by atoms with Gasteiger partial charge in [0.2, 0.25) is 0 Å². The first kappa shape index (κ1) is 16.5. The number of nitrogens with zero attached hydrogens (tertiary/aromatic N) is 1. The Morgan fingerprint density at radius 3 is 2.35 bits per heavy atom. The molecule has 0 aliphatic carbocycles. The third kappa shape index (κ3) is 6.69. The number of rotatable bonds is 7. The molecule has 5 heteroatoms. The summed E-state index contributed by atoms with van der Waals surface area (Å²) in [5.41, 5.74) is -0.152. The van der Waals surface area contributed by atoms with Crippen molar-refractivity contribution in [1.29, 1.82) is 0 Å². The molecule has 0 saturated carbocycles. The van der Waals surface area contributed by atoms with Crippen molar-refractivity contribution in [3.63, 3.8) is 0 Å². The summed E-state index contributed by atoms with van der Waals surface area (Å²) < 4.78 is 2.08. The molecule has 0 spiro atoms. The average Bonchev–Trinajstić information content (AvgIpc) is 2.75. The normalized spacial score (nSPS) is 9.18. The van der Waals surface area contributed by atoms with E-state index < -0.39 is 5.97 Å². The Hall–Kier alpha value is -0.540. The largest absolute Gasteiger partial charge is 0.477 e. The van der Waals surface area contributed by atoms with Crippen LogP contribution in [0.2, 0.25) is 0 Å². The third-order valence-corrected chi connectivity index (χ3v) is 2.39. The Balaban J connectivity index is 0.00000256. The second-order valence-corrected chi connectivity index (χ2v) is 3.62. The molecule has 1 heterocycles. The van der Waals surface area contributed by atoms with Crippen molar-refractivity contribution < 1.29 is 14.7 Å². The van der Waals surface area contributed by atoms with Crippen LogP contribution in [0.3, 0.4) is 0 Å². The van der Waals surface area contributed by atoms with Crippen LogP contribution in [0, 0.1) is 0 Å². The van der Waals surface area contributed by atoms with E-state index in [-0.39, 0.29) is 43.3 Å². The van der Waals surface area contributed by atoms with Crippen LogP contribution in [-0.4, -0.2) is 59.3 Å². The van der Waals surface area contributed by atoms with E-state index in [0.29, 0.717) is 6.42 Å². The van der Waals surface area contributed by atoms with Crippen molar-refractivity contribution >= 4 is 49.6 Å². The van der Waals surface area contributed by atoms with Gasteiger partial charge in [-0.1, -0.05) is 6.42 Å². The molecule has 0 atom stereocenters. The SMILES string of the molecule is O=C=C(CCCCCn1cccc1)C(=O)O.[Ca]. The zero-order valence-electron chi connectivity index (χ0n) is 9.76. The summed E-state index contributed by atoms with van der Waals surface area (Å²) in [6.07, 6.45) is 6.92. The predicted octanol–water partition coefficient (Wildman–Crippen LogP) is 1.51. The van der Waals surface area contributed by atoms with Gasteiger partial charge >= 0.3 is 5.97 Å². The number of carboxylic acids is 1. The van der Waals surface area contributed by atoms with Gasteiger partial charge in [-0.15, -0.1) is 0 Å². The zero-order valence-corrected chi connectivity index (χ0v) is 12.0. The van der Waals surface area contributed by atoms with E-state index in [0.717, 1.165) is 25.8 Å². The monoisotopic (exact) mass is 261 g/mol. The van der Waals surface area contributed by atoms with E-state index in [1.54, 1.807) is 0 Å². The summed E-state index contributed by atoms with van der Waals surface area (Å²) in [4.78, 5) is 20.7. The van der Waals surface area contributed by atoms with Crippen molar-refractivity contribution in [1.82, 2.24) is 4.57 Å². The number of aryl methyl sites for hydroxylation is 1. The second-order valence-electron chi connectivity index (χ2n) is 3.62. The maximum absolute atomic E-state index is 10.5.